The Morgan fingerprint density at radius 1 is 0.808 bits per heavy atom. The first-order valence-electron chi connectivity index (χ1n) is 9.46. The first-order valence-corrected chi connectivity index (χ1v) is 11.6. The SMILES string of the molecule is COCCC(C)(C)c1cc(C(C)(C)C)cc(C(C)(C)CCOC)c1[PH+]=S. The zero-order valence-electron chi connectivity index (χ0n) is 18.2. The molecule has 1 rings (SSSR count). The quantitative estimate of drug-likeness (QED) is 0.521. The molecule has 0 bridgehead atoms. The van der Waals surface area contributed by atoms with Crippen LogP contribution in [0.15, 0.2) is 12.1 Å². The number of benzene rings is 1. The van der Waals surface area contributed by atoms with Gasteiger partial charge in [0.2, 0.25) is 0 Å². The molecule has 1 aromatic carbocycles. The summed E-state index contributed by atoms with van der Waals surface area (Å²) in [5.41, 5.74) is 4.35. The van der Waals surface area contributed by atoms with Gasteiger partial charge in [0, 0.05) is 38.6 Å². The minimum atomic E-state index is 0.0322. The molecule has 0 aromatic heterocycles. The lowest BCUT2D eigenvalue weighted by atomic mass is 9.72. The summed E-state index contributed by atoms with van der Waals surface area (Å²) in [4.78, 5) is 0. The fourth-order valence-corrected chi connectivity index (χ4v) is 4.94. The summed E-state index contributed by atoms with van der Waals surface area (Å²) < 4.78 is 10.8. The maximum atomic E-state index is 5.66. The van der Waals surface area contributed by atoms with Gasteiger partial charge in [0.15, 0.2) is 24.5 Å². The van der Waals surface area contributed by atoms with Gasteiger partial charge in [-0.05, 0) is 34.7 Å². The molecule has 0 aliphatic carbocycles. The average Bonchev–Trinajstić information content (AvgIpc) is 2.56. The van der Waals surface area contributed by atoms with Gasteiger partial charge in [-0.1, -0.05) is 60.6 Å². The van der Waals surface area contributed by atoms with Crippen LogP contribution in [0.2, 0.25) is 0 Å². The Labute approximate surface area is 167 Å². The van der Waals surface area contributed by atoms with Gasteiger partial charge in [-0.3, -0.25) is 0 Å². The van der Waals surface area contributed by atoms with Crippen molar-refractivity contribution in [2.75, 3.05) is 27.4 Å². The lowest BCUT2D eigenvalue weighted by molar-refractivity contribution is 0.173. The highest BCUT2D eigenvalue weighted by atomic mass is 32.4. The van der Waals surface area contributed by atoms with Crippen LogP contribution in [0, 0.1) is 0 Å². The van der Waals surface area contributed by atoms with Crippen molar-refractivity contribution in [2.45, 2.75) is 77.6 Å². The topological polar surface area (TPSA) is 18.5 Å². The van der Waals surface area contributed by atoms with Crippen molar-refractivity contribution >= 4 is 24.5 Å². The standard InChI is InChI=1S/C22H37O2PS/c1-20(2,3)16-14-17(21(4,5)10-12-23-8)19(25-26)18(15-16)22(6,7)11-13-24-9/h14-15H,10-13H2,1-9H3/p+1. The molecular weight excluding hydrogens is 359 g/mol. The van der Waals surface area contributed by atoms with Gasteiger partial charge >= 0.3 is 0 Å². The van der Waals surface area contributed by atoms with Gasteiger partial charge in [0.25, 0.3) is 0 Å². The summed E-state index contributed by atoms with van der Waals surface area (Å²) in [6.07, 6.45) is 1.98. The van der Waals surface area contributed by atoms with E-state index in [0.29, 0.717) is 7.36 Å². The van der Waals surface area contributed by atoms with Crippen molar-refractivity contribution in [3.05, 3.63) is 28.8 Å². The summed E-state index contributed by atoms with van der Waals surface area (Å²) in [7, 11) is 3.92. The van der Waals surface area contributed by atoms with Crippen LogP contribution in [0.4, 0.5) is 0 Å². The normalized spacial score (nSPS) is 13.4. The molecule has 0 radical (unpaired) electrons. The van der Waals surface area contributed by atoms with Crippen LogP contribution in [0.3, 0.4) is 0 Å². The summed E-state index contributed by atoms with van der Waals surface area (Å²) in [6, 6.07) is 4.81. The Bertz CT molecular complexity index is 574. The molecule has 0 saturated carbocycles. The summed E-state index contributed by atoms with van der Waals surface area (Å²) in [6.45, 7) is 17.7. The highest BCUT2D eigenvalue weighted by molar-refractivity contribution is 7.99. The molecule has 0 saturated heterocycles. The molecule has 1 atom stereocenters. The van der Waals surface area contributed by atoms with Crippen LogP contribution in [0.5, 0.6) is 0 Å². The fourth-order valence-electron chi connectivity index (χ4n) is 3.24. The maximum absolute atomic E-state index is 5.66. The first kappa shape index (κ1) is 23.7. The van der Waals surface area contributed by atoms with Crippen LogP contribution in [-0.2, 0) is 37.5 Å². The predicted octanol–water partition coefficient (Wildman–Crippen LogP) is 5.38. The fraction of sp³-hybridized carbons (Fsp3) is 0.727. The summed E-state index contributed by atoms with van der Waals surface area (Å²) in [5.74, 6) is 0. The van der Waals surface area contributed by atoms with Gasteiger partial charge in [0.05, 0.1) is 0 Å². The van der Waals surface area contributed by atoms with E-state index in [1.807, 2.05) is 0 Å². The lowest BCUT2D eigenvalue weighted by Gasteiger charge is -2.33. The second-order valence-corrected chi connectivity index (χ2v) is 10.9. The third-order valence-electron chi connectivity index (χ3n) is 5.43. The zero-order chi connectivity index (χ0) is 20.2. The van der Waals surface area contributed by atoms with E-state index in [0.717, 1.165) is 26.1 Å². The van der Waals surface area contributed by atoms with E-state index in [4.69, 9.17) is 21.3 Å². The van der Waals surface area contributed by atoms with E-state index in [1.54, 1.807) is 14.2 Å². The molecular formula is C22H38O2PS+. The molecule has 26 heavy (non-hydrogen) atoms. The minimum Gasteiger partial charge on any atom is -0.385 e. The van der Waals surface area contributed by atoms with Crippen LogP contribution >= 0.6 is 7.36 Å². The Morgan fingerprint density at radius 3 is 1.46 bits per heavy atom. The van der Waals surface area contributed by atoms with Crippen LogP contribution in [-0.4, -0.2) is 27.4 Å². The number of hydrogen-bond donors (Lipinski definition) is 0. The summed E-state index contributed by atoms with van der Waals surface area (Å²) >= 11 is 5.66. The first-order chi connectivity index (χ1) is 11.9. The number of ether oxygens (including phenoxy) is 2. The van der Waals surface area contributed by atoms with Crippen molar-refractivity contribution in [2.24, 2.45) is 0 Å². The van der Waals surface area contributed by atoms with Crippen LogP contribution < -0.4 is 5.30 Å². The Kier molecular flexibility index (Phi) is 8.42. The molecule has 4 heteroatoms. The van der Waals surface area contributed by atoms with Gasteiger partial charge in [0.1, 0.15) is 0 Å². The minimum absolute atomic E-state index is 0.0322. The molecule has 0 N–H and O–H groups in total. The second-order valence-electron chi connectivity index (χ2n) is 9.55. The van der Waals surface area contributed by atoms with Crippen molar-refractivity contribution in [3.8, 4) is 0 Å². The van der Waals surface area contributed by atoms with Crippen LogP contribution in [0.1, 0.15) is 78.0 Å². The molecule has 0 heterocycles. The van der Waals surface area contributed by atoms with Crippen molar-refractivity contribution in [3.63, 3.8) is 0 Å². The molecule has 1 aromatic rings. The highest BCUT2D eigenvalue weighted by Crippen LogP contribution is 2.37. The van der Waals surface area contributed by atoms with E-state index in [2.05, 4.69) is 60.6 Å². The van der Waals surface area contributed by atoms with Gasteiger partial charge in [-0.15, -0.1) is 0 Å². The smallest absolute Gasteiger partial charge is 0.198 e. The van der Waals surface area contributed by atoms with Crippen LogP contribution in [0.25, 0.3) is 0 Å². The predicted molar refractivity (Wildman–Crippen MR) is 119 cm³/mol. The molecule has 0 fully saturated rings. The Hall–Kier alpha value is -0.340. The molecule has 0 aliphatic heterocycles. The molecule has 0 aliphatic rings. The Balaban J connectivity index is 3.68. The van der Waals surface area contributed by atoms with Crippen molar-refractivity contribution < 1.29 is 9.47 Å². The monoisotopic (exact) mass is 397 g/mol. The zero-order valence-corrected chi connectivity index (χ0v) is 20.0. The second kappa shape index (κ2) is 9.24. The Morgan fingerprint density at radius 2 is 1.19 bits per heavy atom. The molecule has 148 valence electrons. The lowest BCUT2D eigenvalue weighted by Crippen LogP contribution is -2.33. The van der Waals surface area contributed by atoms with E-state index in [9.17, 15) is 0 Å². The molecule has 0 spiro atoms. The number of rotatable bonds is 9. The van der Waals surface area contributed by atoms with E-state index in [-0.39, 0.29) is 16.2 Å². The van der Waals surface area contributed by atoms with Gasteiger partial charge < -0.3 is 9.47 Å². The molecule has 2 nitrogen and oxygen atoms in total. The summed E-state index contributed by atoms with van der Waals surface area (Å²) in [5, 5.41) is 1.36. The number of hydrogen-bond acceptors (Lipinski definition) is 3. The molecule has 0 amide bonds. The third-order valence-corrected chi connectivity index (χ3v) is 6.78. The van der Waals surface area contributed by atoms with E-state index >= 15 is 0 Å². The third kappa shape index (κ3) is 5.83. The highest BCUT2D eigenvalue weighted by Gasteiger charge is 2.35. The van der Waals surface area contributed by atoms with E-state index in [1.165, 1.54) is 22.0 Å². The van der Waals surface area contributed by atoms with Crippen molar-refractivity contribution in [1.82, 2.24) is 0 Å². The average molecular weight is 398 g/mol. The maximum Gasteiger partial charge on any atom is 0.198 e. The van der Waals surface area contributed by atoms with Gasteiger partial charge in [-0.25, -0.2) is 0 Å². The van der Waals surface area contributed by atoms with E-state index < -0.39 is 0 Å². The number of methoxy groups -OCH3 is 2. The largest absolute Gasteiger partial charge is 0.385 e. The van der Waals surface area contributed by atoms with Crippen molar-refractivity contribution in [1.29, 1.82) is 0 Å². The van der Waals surface area contributed by atoms with Gasteiger partial charge in [-0.2, -0.15) is 0 Å². The molecule has 1 unspecified atom stereocenters.